The molecule has 1 aliphatic rings. The topological polar surface area (TPSA) is 59.4 Å². The van der Waals surface area contributed by atoms with Crippen LogP contribution in [0.5, 0.6) is 0 Å². The molecule has 0 spiro atoms. The van der Waals surface area contributed by atoms with Gasteiger partial charge in [-0.15, -0.1) is 11.3 Å². The van der Waals surface area contributed by atoms with Gasteiger partial charge in [-0.3, -0.25) is 0 Å². The summed E-state index contributed by atoms with van der Waals surface area (Å²) in [6, 6.07) is 0. The van der Waals surface area contributed by atoms with Crippen molar-refractivity contribution < 1.29 is 14.6 Å². The Morgan fingerprint density at radius 3 is 2.61 bits per heavy atom. The Balaban J connectivity index is 2.22. The van der Waals surface area contributed by atoms with Crippen LogP contribution in [0.15, 0.2) is 0 Å². The molecule has 2 heterocycles. The van der Waals surface area contributed by atoms with E-state index in [9.17, 15) is 9.90 Å². The molecule has 1 unspecified atom stereocenters. The van der Waals surface area contributed by atoms with Crippen LogP contribution in [0.3, 0.4) is 0 Å². The lowest BCUT2D eigenvalue weighted by molar-refractivity contribution is -0.153. The fourth-order valence-electron chi connectivity index (χ4n) is 3.54. The molecule has 124 valence electrons. The van der Waals surface area contributed by atoms with Crippen LogP contribution in [0.25, 0.3) is 10.2 Å². The molecule has 0 saturated heterocycles. The molecule has 0 amide bonds. The third-order valence-corrected chi connectivity index (χ3v) is 5.67. The Morgan fingerprint density at radius 1 is 1.26 bits per heavy atom. The van der Waals surface area contributed by atoms with Crippen molar-refractivity contribution in [1.82, 2.24) is 4.98 Å². The summed E-state index contributed by atoms with van der Waals surface area (Å²) in [5, 5.41) is 10.8. The maximum atomic E-state index is 11.8. The van der Waals surface area contributed by atoms with Crippen molar-refractivity contribution in [3.63, 3.8) is 0 Å². The summed E-state index contributed by atoms with van der Waals surface area (Å²) in [5.74, 6) is -0.949. The maximum absolute atomic E-state index is 11.8. The SMILES string of the molecule is Cc1nc2sc3c(c2c(C)c1C(OC(C)C)C(=O)O)CCCC3. The van der Waals surface area contributed by atoms with E-state index < -0.39 is 12.1 Å². The number of fused-ring (bicyclic) bond motifs is 3. The average molecular weight is 333 g/mol. The van der Waals surface area contributed by atoms with Crippen molar-refractivity contribution in [1.29, 1.82) is 0 Å². The van der Waals surface area contributed by atoms with E-state index in [1.807, 2.05) is 27.7 Å². The highest BCUT2D eigenvalue weighted by Gasteiger charge is 2.29. The molecule has 1 atom stereocenters. The van der Waals surface area contributed by atoms with Crippen molar-refractivity contribution in [2.75, 3.05) is 0 Å². The molecular weight excluding hydrogens is 310 g/mol. The number of carbonyl (C=O) groups is 1. The Hall–Kier alpha value is -1.46. The van der Waals surface area contributed by atoms with Gasteiger partial charge in [0.15, 0.2) is 6.10 Å². The van der Waals surface area contributed by atoms with Gasteiger partial charge in [0.1, 0.15) is 4.83 Å². The predicted molar refractivity (Wildman–Crippen MR) is 92.3 cm³/mol. The number of aliphatic carboxylic acids is 1. The van der Waals surface area contributed by atoms with E-state index in [0.717, 1.165) is 34.5 Å². The Labute approximate surface area is 140 Å². The van der Waals surface area contributed by atoms with Gasteiger partial charge in [0, 0.05) is 21.5 Å². The van der Waals surface area contributed by atoms with E-state index in [-0.39, 0.29) is 6.10 Å². The molecule has 5 heteroatoms. The van der Waals surface area contributed by atoms with Crippen molar-refractivity contribution in [3.8, 4) is 0 Å². The molecule has 4 nitrogen and oxygen atoms in total. The molecule has 1 N–H and O–H groups in total. The normalized spacial score (nSPS) is 15.9. The zero-order valence-corrected chi connectivity index (χ0v) is 14.9. The fourth-order valence-corrected chi connectivity index (χ4v) is 4.91. The molecule has 2 aromatic rings. The zero-order valence-electron chi connectivity index (χ0n) is 14.1. The van der Waals surface area contributed by atoms with Crippen LogP contribution in [0.4, 0.5) is 0 Å². The first-order valence-electron chi connectivity index (χ1n) is 8.19. The summed E-state index contributed by atoms with van der Waals surface area (Å²) in [5.41, 5.74) is 3.91. The number of hydrogen-bond donors (Lipinski definition) is 1. The smallest absolute Gasteiger partial charge is 0.337 e. The molecule has 0 aromatic carbocycles. The van der Waals surface area contributed by atoms with Gasteiger partial charge in [-0.1, -0.05) is 0 Å². The van der Waals surface area contributed by atoms with E-state index in [1.54, 1.807) is 11.3 Å². The van der Waals surface area contributed by atoms with E-state index in [2.05, 4.69) is 0 Å². The molecule has 23 heavy (non-hydrogen) atoms. The third kappa shape index (κ3) is 2.88. The van der Waals surface area contributed by atoms with Gasteiger partial charge in [-0.05, 0) is 64.5 Å². The minimum Gasteiger partial charge on any atom is -0.479 e. The summed E-state index contributed by atoms with van der Waals surface area (Å²) < 4.78 is 5.69. The van der Waals surface area contributed by atoms with Crippen LogP contribution < -0.4 is 0 Å². The quantitative estimate of drug-likeness (QED) is 0.904. The number of nitrogens with zero attached hydrogens (tertiary/aromatic N) is 1. The minimum absolute atomic E-state index is 0.151. The number of hydrogen-bond acceptors (Lipinski definition) is 4. The second kappa shape index (κ2) is 6.21. The Morgan fingerprint density at radius 2 is 1.96 bits per heavy atom. The number of carboxylic acids is 1. The molecule has 2 aromatic heterocycles. The van der Waals surface area contributed by atoms with Crippen molar-refractivity contribution in [3.05, 3.63) is 27.3 Å². The molecule has 1 aliphatic carbocycles. The highest BCUT2D eigenvalue weighted by atomic mass is 32.1. The van der Waals surface area contributed by atoms with Crippen LogP contribution in [0, 0.1) is 13.8 Å². The highest BCUT2D eigenvalue weighted by molar-refractivity contribution is 7.18. The van der Waals surface area contributed by atoms with Gasteiger partial charge in [-0.2, -0.15) is 0 Å². The summed E-state index contributed by atoms with van der Waals surface area (Å²) in [4.78, 5) is 19.0. The monoisotopic (exact) mass is 333 g/mol. The number of aromatic nitrogens is 1. The summed E-state index contributed by atoms with van der Waals surface area (Å²) >= 11 is 1.77. The van der Waals surface area contributed by atoms with E-state index in [0.29, 0.717) is 0 Å². The Bertz CT molecular complexity index is 763. The lowest BCUT2D eigenvalue weighted by Crippen LogP contribution is -2.21. The van der Waals surface area contributed by atoms with Crippen LogP contribution in [-0.4, -0.2) is 22.2 Å². The standard InChI is InChI=1S/C18H23NO3S/c1-9(2)22-16(18(20)21)14-10(3)15-12-7-5-6-8-13(12)23-17(15)19-11(14)4/h9,16H,5-8H2,1-4H3,(H,20,21). The molecular formula is C18H23NO3S. The first-order valence-corrected chi connectivity index (χ1v) is 9.01. The second-order valence-electron chi connectivity index (χ2n) is 6.53. The van der Waals surface area contributed by atoms with Gasteiger partial charge in [0.25, 0.3) is 0 Å². The maximum Gasteiger partial charge on any atom is 0.337 e. The number of rotatable bonds is 4. The molecule has 0 radical (unpaired) electrons. The largest absolute Gasteiger partial charge is 0.479 e. The van der Waals surface area contributed by atoms with Crippen LogP contribution in [-0.2, 0) is 22.4 Å². The molecule has 0 aliphatic heterocycles. The van der Waals surface area contributed by atoms with Crippen molar-refractivity contribution >= 4 is 27.5 Å². The number of pyridine rings is 1. The first-order chi connectivity index (χ1) is 10.9. The van der Waals surface area contributed by atoms with Crippen molar-refractivity contribution in [2.24, 2.45) is 0 Å². The average Bonchev–Trinajstić information content (AvgIpc) is 2.83. The molecule has 0 fully saturated rings. The number of aryl methyl sites for hydroxylation is 4. The van der Waals surface area contributed by atoms with Crippen LogP contribution in [0.2, 0.25) is 0 Å². The van der Waals surface area contributed by atoms with E-state index in [4.69, 9.17) is 9.72 Å². The van der Waals surface area contributed by atoms with Gasteiger partial charge in [0.05, 0.1) is 6.10 Å². The summed E-state index contributed by atoms with van der Waals surface area (Å²) in [7, 11) is 0. The number of ether oxygens (including phenoxy) is 1. The lowest BCUT2D eigenvalue weighted by Gasteiger charge is -2.21. The molecule has 0 saturated carbocycles. The van der Waals surface area contributed by atoms with Gasteiger partial charge in [0.2, 0.25) is 0 Å². The van der Waals surface area contributed by atoms with Crippen LogP contribution >= 0.6 is 11.3 Å². The van der Waals surface area contributed by atoms with Crippen molar-refractivity contribution in [2.45, 2.75) is 65.6 Å². The third-order valence-electron chi connectivity index (χ3n) is 4.49. The van der Waals surface area contributed by atoms with Crippen LogP contribution in [0.1, 0.15) is 60.1 Å². The molecule has 3 rings (SSSR count). The van der Waals surface area contributed by atoms with Gasteiger partial charge in [-0.25, -0.2) is 9.78 Å². The Kier molecular flexibility index (Phi) is 4.43. The fraction of sp³-hybridized carbons (Fsp3) is 0.556. The lowest BCUT2D eigenvalue weighted by atomic mass is 9.92. The van der Waals surface area contributed by atoms with Gasteiger partial charge >= 0.3 is 5.97 Å². The van der Waals surface area contributed by atoms with E-state index >= 15 is 0 Å². The number of carboxylic acid groups (broad SMARTS) is 1. The number of thiophene rings is 1. The summed E-state index contributed by atoms with van der Waals surface area (Å²) in [6.45, 7) is 7.63. The predicted octanol–water partition coefficient (Wildman–Crippen LogP) is 4.34. The zero-order chi connectivity index (χ0) is 16.7. The van der Waals surface area contributed by atoms with E-state index in [1.165, 1.54) is 28.7 Å². The first kappa shape index (κ1) is 16.4. The second-order valence-corrected chi connectivity index (χ2v) is 7.61. The van der Waals surface area contributed by atoms with Gasteiger partial charge < -0.3 is 9.84 Å². The minimum atomic E-state index is -0.953. The molecule has 0 bridgehead atoms. The highest BCUT2D eigenvalue weighted by Crippen LogP contribution is 2.40. The summed E-state index contributed by atoms with van der Waals surface area (Å²) in [6.07, 6.45) is 3.52.